The highest BCUT2D eigenvalue weighted by Crippen LogP contribution is 2.28. The van der Waals surface area contributed by atoms with E-state index < -0.39 is 0 Å². The Hall–Kier alpha value is -1.30. The molecular formula is C14H23NO4. The predicted molar refractivity (Wildman–Crippen MR) is 73.6 cm³/mol. The van der Waals surface area contributed by atoms with Crippen LogP contribution in [0.5, 0.6) is 11.5 Å². The molecule has 0 aliphatic heterocycles. The first kappa shape index (κ1) is 15.8. The quantitative estimate of drug-likeness (QED) is 0.655. The number of methoxy groups -OCH3 is 1. The third kappa shape index (κ3) is 4.38. The van der Waals surface area contributed by atoms with E-state index in [1.54, 1.807) is 25.3 Å². The lowest BCUT2D eigenvalue weighted by atomic mass is 10.0. The van der Waals surface area contributed by atoms with E-state index in [4.69, 9.17) is 14.6 Å². The van der Waals surface area contributed by atoms with Gasteiger partial charge in [0.05, 0.1) is 26.9 Å². The number of hydrogen-bond acceptors (Lipinski definition) is 5. The molecule has 5 nitrogen and oxygen atoms in total. The Morgan fingerprint density at radius 3 is 2.53 bits per heavy atom. The normalized spacial score (nSPS) is 13.9. The first-order chi connectivity index (χ1) is 9.08. The fourth-order valence-corrected chi connectivity index (χ4v) is 1.60. The second-order valence-corrected chi connectivity index (χ2v) is 4.71. The molecule has 3 N–H and O–H groups in total. The first-order valence-electron chi connectivity index (χ1n) is 6.29. The molecule has 1 aromatic carbocycles. The molecule has 0 bridgehead atoms. The number of aliphatic hydroxyl groups excluding tert-OH is 2. The lowest BCUT2D eigenvalue weighted by molar-refractivity contribution is 0.150. The molecule has 0 amide bonds. The Morgan fingerprint density at radius 1 is 1.26 bits per heavy atom. The molecule has 0 spiro atoms. The minimum Gasteiger partial charge on any atom is -0.493 e. The number of hydrogen-bond donors (Lipinski definition) is 3. The van der Waals surface area contributed by atoms with Crippen molar-refractivity contribution in [2.24, 2.45) is 0 Å². The molecule has 0 aliphatic rings. The molecule has 0 saturated carbocycles. The highest BCUT2D eigenvalue weighted by Gasteiger charge is 2.20. The van der Waals surface area contributed by atoms with Crippen molar-refractivity contribution in [2.45, 2.75) is 25.5 Å². The molecular weight excluding hydrogens is 246 g/mol. The fourth-order valence-electron chi connectivity index (χ4n) is 1.60. The minimum absolute atomic E-state index is 0.0288. The number of rotatable bonds is 8. The van der Waals surface area contributed by atoms with Crippen LogP contribution in [-0.4, -0.2) is 43.1 Å². The molecule has 0 heterocycles. The number of benzene rings is 1. The molecule has 0 saturated heterocycles. The van der Waals surface area contributed by atoms with Crippen molar-refractivity contribution >= 4 is 0 Å². The van der Waals surface area contributed by atoms with Gasteiger partial charge in [0.2, 0.25) is 0 Å². The van der Waals surface area contributed by atoms with Gasteiger partial charge in [0, 0.05) is 12.0 Å². The highest BCUT2D eigenvalue weighted by atomic mass is 16.5. The number of aliphatic hydroxyl groups is 2. The minimum atomic E-state index is -0.349. The van der Waals surface area contributed by atoms with Gasteiger partial charge in [0.25, 0.3) is 0 Å². The molecule has 1 unspecified atom stereocenters. The van der Waals surface area contributed by atoms with Gasteiger partial charge in [0.1, 0.15) is 0 Å². The monoisotopic (exact) mass is 269 g/mol. The maximum absolute atomic E-state index is 9.28. The molecule has 0 radical (unpaired) electrons. The summed E-state index contributed by atoms with van der Waals surface area (Å²) < 4.78 is 10.9. The van der Waals surface area contributed by atoms with E-state index in [1.165, 1.54) is 0 Å². The molecule has 1 rings (SSSR count). The summed E-state index contributed by atoms with van der Waals surface area (Å²) in [6.07, 6.45) is 0.672. The average Bonchev–Trinajstić information content (AvgIpc) is 2.47. The Labute approximate surface area is 114 Å². The number of nitrogens with one attached hydrogen (secondary N) is 1. The zero-order chi connectivity index (χ0) is 14.3. The second-order valence-electron chi connectivity index (χ2n) is 4.71. The molecule has 1 aromatic rings. The SMILES string of the molecule is CNC(C)(CO)CCOc1ccc(CO)cc1OC. The molecule has 5 heteroatoms. The summed E-state index contributed by atoms with van der Waals surface area (Å²) in [4.78, 5) is 0. The Bertz CT molecular complexity index is 391. The summed E-state index contributed by atoms with van der Waals surface area (Å²) in [5.74, 6) is 1.23. The largest absolute Gasteiger partial charge is 0.493 e. The van der Waals surface area contributed by atoms with Crippen LogP contribution in [-0.2, 0) is 6.61 Å². The third-order valence-electron chi connectivity index (χ3n) is 3.27. The topological polar surface area (TPSA) is 71.0 Å². The Morgan fingerprint density at radius 2 is 2.00 bits per heavy atom. The number of ether oxygens (including phenoxy) is 2. The Kier molecular flexibility index (Phi) is 6.08. The van der Waals surface area contributed by atoms with Crippen molar-refractivity contribution < 1.29 is 19.7 Å². The van der Waals surface area contributed by atoms with Crippen molar-refractivity contribution in [2.75, 3.05) is 27.4 Å². The summed E-state index contributed by atoms with van der Waals surface area (Å²) in [5, 5.41) is 21.4. The van der Waals surface area contributed by atoms with Crippen molar-refractivity contribution in [3.05, 3.63) is 23.8 Å². The van der Waals surface area contributed by atoms with Crippen molar-refractivity contribution in [3.8, 4) is 11.5 Å². The van der Waals surface area contributed by atoms with Gasteiger partial charge in [-0.3, -0.25) is 0 Å². The van der Waals surface area contributed by atoms with Gasteiger partial charge in [-0.1, -0.05) is 6.07 Å². The summed E-state index contributed by atoms with van der Waals surface area (Å²) in [7, 11) is 3.38. The van der Waals surface area contributed by atoms with Gasteiger partial charge in [-0.05, 0) is 31.7 Å². The third-order valence-corrected chi connectivity index (χ3v) is 3.27. The van der Waals surface area contributed by atoms with Crippen LogP contribution in [0.1, 0.15) is 18.9 Å². The summed E-state index contributed by atoms with van der Waals surface area (Å²) in [6, 6.07) is 5.32. The van der Waals surface area contributed by atoms with Gasteiger partial charge in [0.15, 0.2) is 11.5 Å². The Balaban J connectivity index is 2.62. The van der Waals surface area contributed by atoms with Crippen LogP contribution in [0.15, 0.2) is 18.2 Å². The smallest absolute Gasteiger partial charge is 0.161 e. The zero-order valence-corrected chi connectivity index (χ0v) is 11.8. The molecule has 1 atom stereocenters. The van der Waals surface area contributed by atoms with Crippen molar-refractivity contribution in [3.63, 3.8) is 0 Å². The van der Waals surface area contributed by atoms with Gasteiger partial charge in [-0.2, -0.15) is 0 Å². The van der Waals surface area contributed by atoms with Crippen LogP contribution in [0.4, 0.5) is 0 Å². The maximum atomic E-state index is 9.28. The summed E-state index contributed by atoms with van der Waals surface area (Å²) >= 11 is 0. The maximum Gasteiger partial charge on any atom is 0.161 e. The van der Waals surface area contributed by atoms with Crippen LogP contribution >= 0.6 is 0 Å². The van der Waals surface area contributed by atoms with Crippen LogP contribution < -0.4 is 14.8 Å². The first-order valence-corrected chi connectivity index (χ1v) is 6.29. The van der Waals surface area contributed by atoms with Gasteiger partial charge in [-0.15, -0.1) is 0 Å². The molecule has 19 heavy (non-hydrogen) atoms. The fraction of sp³-hybridized carbons (Fsp3) is 0.571. The van der Waals surface area contributed by atoms with Gasteiger partial charge < -0.3 is 25.0 Å². The second kappa shape index (κ2) is 7.33. The van der Waals surface area contributed by atoms with Crippen LogP contribution in [0.25, 0.3) is 0 Å². The molecule has 0 fully saturated rings. The average molecular weight is 269 g/mol. The highest BCUT2D eigenvalue weighted by molar-refractivity contribution is 5.42. The number of likely N-dealkylation sites (N-methyl/N-ethyl adjacent to an activating group) is 1. The van der Waals surface area contributed by atoms with Gasteiger partial charge >= 0.3 is 0 Å². The molecule has 0 aromatic heterocycles. The van der Waals surface area contributed by atoms with E-state index in [2.05, 4.69) is 5.32 Å². The lowest BCUT2D eigenvalue weighted by Gasteiger charge is -2.26. The lowest BCUT2D eigenvalue weighted by Crippen LogP contribution is -2.44. The van der Waals surface area contributed by atoms with Gasteiger partial charge in [-0.25, -0.2) is 0 Å². The van der Waals surface area contributed by atoms with E-state index in [-0.39, 0.29) is 18.8 Å². The summed E-state index contributed by atoms with van der Waals surface area (Å²) in [6.45, 7) is 2.42. The van der Waals surface area contributed by atoms with Crippen LogP contribution in [0.2, 0.25) is 0 Å². The van der Waals surface area contributed by atoms with Crippen molar-refractivity contribution in [1.29, 1.82) is 0 Å². The summed E-state index contributed by atoms with van der Waals surface area (Å²) in [5.41, 5.74) is 0.428. The van der Waals surface area contributed by atoms with E-state index >= 15 is 0 Å². The van der Waals surface area contributed by atoms with E-state index in [0.29, 0.717) is 24.5 Å². The van der Waals surface area contributed by atoms with E-state index in [9.17, 15) is 5.11 Å². The van der Waals surface area contributed by atoms with Crippen molar-refractivity contribution in [1.82, 2.24) is 5.32 Å². The zero-order valence-electron chi connectivity index (χ0n) is 11.8. The molecule has 0 aliphatic carbocycles. The van der Waals surface area contributed by atoms with Crippen LogP contribution in [0.3, 0.4) is 0 Å². The van der Waals surface area contributed by atoms with Crippen LogP contribution in [0, 0.1) is 0 Å². The van der Waals surface area contributed by atoms with E-state index in [0.717, 1.165) is 5.56 Å². The predicted octanol–water partition coefficient (Wildman–Crippen LogP) is 0.927. The molecule has 108 valence electrons. The van der Waals surface area contributed by atoms with E-state index in [1.807, 2.05) is 14.0 Å². The standard InChI is InChI=1S/C14H23NO4/c1-14(10-17,15-2)6-7-19-12-5-4-11(9-16)8-13(12)18-3/h4-5,8,15-17H,6-7,9-10H2,1-3H3.